The van der Waals surface area contributed by atoms with Crippen molar-refractivity contribution in [2.75, 3.05) is 13.1 Å². The summed E-state index contributed by atoms with van der Waals surface area (Å²) in [6, 6.07) is -0.0854. The molecule has 2 aliphatic heterocycles. The fraction of sp³-hybridized carbons (Fsp3) is 0.629. The first-order valence-corrected chi connectivity index (χ1v) is 17.6. The maximum atomic E-state index is 13.8. The van der Waals surface area contributed by atoms with E-state index in [0.29, 0.717) is 32.2 Å². The number of aromatic hydroxyl groups is 1. The van der Waals surface area contributed by atoms with E-state index in [1.807, 2.05) is 0 Å². The Morgan fingerprint density at radius 1 is 0.843 bits per heavy atom. The van der Waals surface area contributed by atoms with E-state index in [1.165, 1.54) is 21.9 Å². The number of quaternary nitrogens is 1. The number of rotatable bonds is 17. The van der Waals surface area contributed by atoms with Gasteiger partial charge in [0.1, 0.15) is 29.9 Å². The lowest BCUT2D eigenvalue weighted by atomic mass is 9.98. The Kier molecular flexibility index (Phi) is 14.8. The zero-order chi connectivity index (χ0) is 38.0. The molecule has 16 nitrogen and oxygen atoms in total. The van der Waals surface area contributed by atoms with Crippen LogP contribution in [-0.2, 0) is 40.0 Å². The van der Waals surface area contributed by atoms with Crippen molar-refractivity contribution < 1.29 is 54.6 Å². The van der Waals surface area contributed by atoms with Gasteiger partial charge >= 0.3 is 0 Å². The summed E-state index contributed by atoms with van der Waals surface area (Å²) in [6.07, 6.45) is 1.34. The average molecular weight is 716 g/mol. The Labute approximate surface area is 297 Å². The number of likely N-dealkylation sites (tertiary alicyclic amines) is 2. The summed E-state index contributed by atoms with van der Waals surface area (Å²) in [5, 5.41) is 40.4. The zero-order valence-electron chi connectivity index (χ0n) is 29.7. The van der Waals surface area contributed by atoms with Crippen molar-refractivity contribution in [1.29, 1.82) is 0 Å². The summed E-state index contributed by atoms with van der Waals surface area (Å²) in [7, 11) is 0. The number of carbonyl (C=O) groups is 7. The van der Waals surface area contributed by atoms with Crippen LogP contribution in [0.1, 0.15) is 78.2 Å². The first-order valence-electron chi connectivity index (χ1n) is 17.6. The highest BCUT2D eigenvalue weighted by Gasteiger charge is 2.41. The van der Waals surface area contributed by atoms with Crippen molar-refractivity contribution in [2.45, 2.75) is 115 Å². The number of carboxylic acid groups (broad SMARTS) is 2. The smallest absolute Gasteiger partial charge is 0.281 e. The first-order chi connectivity index (χ1) is 24.0. The molecular weight excluding hydrogens is 664 g/mol. The number of hydrogen-bond acceptors (Lipinski definition) is 10. The molecule has 7 atom stereocenters. The predicted molar refractivity (Wildman–Crippen MR) is 177 cm³/mol. The lowest BCUT2D eigenvalue weighted by Gasteiger charge is -2.33. The van der Waals surface area contributed by atoms with Crippen molar-refractivity contribution in [3.8, 4) is 5.75 Å². The van der Waals surface area contributed by atoms with Gasteiger partial charge in [0, 0.05) is 25.5 Å². The molecule has 16 heteroatoms. The number of hydrogen-bond donors (Lipinski definition) is 5. The largest absolute Gasteiger partial charge is 0.550 e. The summed E-state index contributed by atoms with van der Waals surface area (Å²) < 4.78 is 0. The van der Waals surface area contributed by atoms with Crippen molar-refractivity contribution >= 4 is 41.5 Å². The summed E-state index contributed by atoms with van der Waals surface area (Å²) in [5.74, 6) is -6.85. The maximum Gasteiger partial charge on any atom is 0.281 e. The van der Waals surface area contributed by atoms with Crippen LogP contribution in [0.3, 0.4) is 0 Å². The Morgan fingerprint density at radius 2 is 1.37 bits per heavy atom. The van der Waals surface area contributed by atoms with Crippen molar-refractivity contribution in [2.24, 2.45) is 11.8 Å². The van der Waals surface area contributed by atoms with Crippen LogP contribution >= 0.6 is 0 Å². The van der Waals surface area contributed by atoms with E-state index >= 15 is 0 Å². The van der Waals surface area contributed by atoms with Gasteiger partial charge in [-0.2, -0.15) is 0 Å². The molecule has 51 heavy (non-hydrogen) atoms. The van der Waals surface area contributed by atoms with Crippen molar-refractivity contribution in [3.05, 3.63) is 29.8 Å². The lowest BCUT2D eigenvalue weighted by Crippen LogP contribution is -2.70. The molecule has 0 unspecified atom stereocenters. The van der Waals surface area contributed by atoms with Crippen LogP contribution in [0.2, 0.25) is 0 Å². The first kappa shape index (κ1) is 40.7. The summed E-state index contributed by atoms with van der Waals surface area (Å²) in [5.41, 5.74) is 4.77. The maximum absolute atomic E-state index is 13.8. The van der Waals surface area contributed by atoms with Crippen LogP contribution in [0.5, 0.6) is 5.75 Å². The topological polar surface area (TPSA) is 256 Å². The van der Waals surface area contributed by atoms with E-state index in [1.54, 1.807) is 39.8 Å². The molecule has 0 aliphatic carbocycles. The molecule has 1 aromatic rings. The number of amides is 5. The van der Waals surface area contributed by atoms with Gasteiger partial charge in [-0.05, 0) is 68.1 Å². The normalized spacial score (nSPS) is 20.2. The monoisotopic (exact) mass is 715 g/mol. The van der Waals surface area contributed by atoms with Crippen molar-refractivity contribution in [3.63, 3.8) is 0 Å². The molecule has 0 bridgehead atoms. The van der Waals surface area contributed by atoms with Gasteiger partial charge in [0.2, 0.25) is 23.6 Å². The minimum absolute atomic E-state index is 0.0917. The second-order valence-electron chi connectivity index (χ2n) is 13.8. The van der Waals surface area contributed by atoms with Crippen molar-refractivity contribution in [1.82, 2.24) is 25.8 Å². The van der Waals surface area contributed by atoms with Crippen LogP contribution < -0.4 is 31.9 Å². The van der Waals surface area contributed by atoms with E-state index < -0.39 is 90.1 Å². The molecule has 2 saturated heterocycles. The average Bonchev–Trinajstić information content (AvgIpc) is 3.78. The van der Waals surface area contributed by atoms with Gasteiger partial charge in [-0.3, -0.25) is 24.0 Å². The quantitative estimate of drug-likeness (QED) is 0.109. The lowest BCUT2D eigenvalue weighted by molar-refractivity contribution is -0.405. The molecule has 7 N–H and O–H groups in total. The Morgan fingerprint density at radius 3 is 1.86 bits per heavy atom. The second kappa shape index (κ2) is 18.5. The summed E-state index contributed by atoms with van der Waals surface area (Å²) in [4.78, 5) is 93.4. The van der Waals surface area contributed by atoms with Crippen LogP contribution in [0.15, 0.2) is 24.3 Å². The van der Waals surface area contributed by atoms with Gasteiger partial charge in [-0.1, -0.05) is 46.2 Å². The third-order valence-electron chi connectivity index (χ3n) is 9.71. The van der Waals surface area contributed by atoms with Gasteiger partial charge in [-0.15, -0.1) is 0 Å². The molecule has 3 rings (SSSR count). The molecule has 2 heterocycles. The molecule has 0 radical (unpaired) electrons. The molecule has 282 valence electrons. The van der Waals surface area contributed by atoms with Crippen LogP contribution in [0.4, 0.5) is 0 Å². The Hall–Kier alpha value is -4.73. The number of carbonyl (C=O) groups excluding carboxylic acids is 7. The number of nitrogens with zero attached hydrogens (tertiary/aromatic N) is 2. The van der Waals surface area contributed by atoms with Gasteiger partial charge in [0.15, 0.2) is 6.04 Å². The van der Waals surface area contributed by atoms with E-state index in [9.17, 15) is 48.9 Å². The summed E-state index contributed by atoms with van der Waals surface area (Å²) in [6.45, 7) is 7.20. The zero-order valence-corrected chi connectivity index (χ0v) is 29.7. The SMILES string of the molecule is CC[C@H](C)[C@H](NC(=O)[C@@H]1CCCN1C(=O)[C@H](CCC(=O)[O-])NC(=O)[C@@H](NC(=O)[C@@H]1CCCN1C(=O)[C@@H]([NH3+])Cc1ccc(O)cc1)C(C)C)C(=O)[O-]. The van der Waals surface area contributed by atoms with E-state index in [-0.39, 0.29) is 37.5 Å². The van der Waals surface area contributed by atoms with E-state index in [0.717, 1.165) is 5.56 Å². The third kappa shape index (κ3) is 10.9. The fourth-order valence-corrected chi connectivity index (χ4v) is 6.53. The molecule has 5 amide bonds. The Bertz CT molecular complexity index is 1440. The second-order valence-corrected chi connectivity index (χ2v) is 13.8. The number of aliphatic carboxylic acids is 2. The van der Waals surface area contributed by atoms with Crippen LogP contribution in [0.25, 0.3) is 0 Å². The number of benzene rings is 1. The number of phenols is 1. The highest BCUT2D eigenvalue weighted by Crippen LogP contribution is 2.22. The molecule has 1 aromatic carbocycles. The van der Waals surface area contributed by atoms with Crippen LogP contribution in [-0.4, -0.2) is 106 Å². The fourth-order valence-electron chi connectivity index (χ4n) is 6.53. The number of carboxylic acids is 2. The number of nitrogens with one attached hydrogen (secondary N) is 3. The van der Waals surface area contributed by atoms with E-state index in [2.05, 4.69) is 21.7 Å². The minimum Gasteiger partial charge on any atom is -0.550 e. The van der Waals surface area contributed by atoms with Crippen LogP contribution in [0, 0.1) is 11.8 Å². The van der Waals surface area contributed by atoms with E-state index in [4.69, 9.17) is 0 Å². The van der Waals surface area contributed by atoms with Gasteiger partial charge in [0.05, 0.1) is 12.0 Å². The molecule has 2 aliphatic rings. The summed E-state index contributed by atoms with van der Waals surface area (Å²) >= 11 is 0. The van der Waals surface area contributed by atoms with Gasteiger partial charge in [0.25, 0.3) is 5.91 Å². The van der Waals surface area contributed by atoms with Gasteiger partial charge < -0.3 is 56.4 Å². The minimum atomic E-state index is -1.46. The molecule has 0 aromatic heterocycles. The standard InChI is InChI=1S/C35H52N6O10/c1-5-20(4)29(35(50)51)39-31(46)26-9-7-17-41(26)34(49)24(14-15-27(43)44)37-32(47)28(19(2)3)38-30(45)25-8-6-16-40(25)33(48)23(36)18-21-10-12-22(42)13-11-21/h10-13,19-20,23-26,28-29,42H,5-9,14-18,36H2,1-4H3,(H,37,47)(H,38,45)(H,39,46)(H,43,44)(H,50,51)/p-1/t20-,23-,24-,25-,26-,28-,29-/m0/s1. The molecule has 2 fully saturated rings. The highest BCUT2D eigenvalue weighted by molar-refractivity contribution is 5.97. The highest BCUT2D eigenvalue weighted by atomic mass is 16.4. The third-order valence-corrected chi connectivity index (χ3v) is 9.71. The molecule has 0 spiro atoms. The van der Waals surface area contributed by atoms with Gasteiger partial charge in [-0.25, -0.2) is 0 Å². The molecular formula is C35H51N6O10-. The molecule has 0 saturated carbocycles. The Balaban J connectivity index is 1.72. The predicted octanol–water partition coefficient (Wildman–Crippen LogP) is -3.04. The number of phenolic OH excluding ortho intramolecular Hbond substituents is 1.